The quantitative estimate of drug-likeness (QED) is 0.225. The van der Waals surface area contributed by atoms with Gasteiger partial charge in [-0.25, -0.2) is 0 Å². The van der Waals surface area contributed by atoms with Crippen LogP contribution in [-0.2, 0) is 0 Å². The van der Waals surface area contributed by atoms with E-state index >= 15 is 0 Å². The summed E-state index contributed by atoms with van der Waals surface area (Å²) in [7, 11) is 0. The summed E-state index contributed by atoms with van der Waals surface area (Å²) in [5.74, 6) is 0.309. The molecule has 1 aromatic carbocycles. The van der Waals surface area contributed by atoms with Crippen molar-refractivity contribution < 1.29 is 5.21 Å². The number of hydrogen-bond acceptors (Lipinski definition) is 3. The molecule has 1 atom stereocenters. The maximum absolute atomic E-state index is 8.75. The van der Waals surface area contributed by atoms with E-state index < -0.39 is 0 Å². The Kier molecular flexibility index (Phi) is 6.69. The highest BCUT2D eigenvalue weighted by Crippen LogP contribution is 2.23. The SMILES string of the molecule is Cc1ccccc1[C@@H](C)NCCCCC(C)(C)/C(N)=N/O. The number of nitrogens with zero attached hydrogens (tertiary/aromatic N) is 1. The molecule has 4 N–H and O–H groups in total. The smallest absolute Gasteiger partial charge is 0.144 e. The lowest BCUT2D eigenvalue weighted by molar-refractivity contribution is 0.304. The van der Waals surface area contributed by atoms with Crippen LogP contribution in [0, 0.1) is 12.3 Å². The van der Waals surface area contributed by atoms with E-state index in [9.17, 15) is 0 Å². The minimum Gasteiger partial charge on any atom is -0.409 e. The Labute approximate surface area is 128 Å². The molecule has 1 rings (SSSR count). The maximum atomic E-state index is 8.75. The summed E-state index contributed by atoms with van der Waals surface area (Å²) in [6.45, 7) is 9.33. The minimum absolute atomic E-state index is 0.240. The molecule has 0 aliphatic rings. The van der Waals surface area contributed by atoms with Crippen molar-refractivity contribution in [3.8, 4) is 0 Å². The number of unbranched alkanes of at least 4 members (excludes halogenated alkanes) is 1. The van der Waals surface area contributed by atoms with Crippen molar-refractivity contribution in [2.75, 3.05) is 6.54 Å². The number of nitrogens with one attached hydrogen (secondary N) is 1. The van der Waals surface area contributed by atoms with E-state index in [4.69, 9.17) is 10.9 Å². The summed E-state index contributed by atoms with van der Waals surface area (Å²) in [5.41, 5.74) is 8.13. The fourth-order valence-corrected chi connectivity index (χ4v) is 2.46. The Morgan fingerprint density at radius 2 is 2.00 bits per heavy atom. The average molecular weight is 291 g/mol. The van der Waals surface area contributed by atoms with Gasteiger partial charge in [0, 0.05) is 11.5 Å². The molecule has 0 saturated heterocycles. The molecule has 1 aromatic rings. The number of nitrogens with two attached hydrogens (primary N) is 1. The molecule has 0 radical (unpaired) electrons. The van der Waals surface area contributed by atoms with E-state index in [1.54, 1.807) is 0 Å². The van der Waals surface area contributed by atoms with E-state index in [1.165, 1.54) is 11.1 Å². The second-order valence-electron chi connectivity index (χ2n) is 6.36. The number of amidine groups is 1. The van der Waals surface area contributed by atoms with Gasteiger partial charge < -0.3 is 16.3 Å². The number of rotatable bonds is 8. The Balaban J connectivity index is 2.31. The molecule has 0 fully saturated rings. The zero-order valence-electron chi connectivity index (χ0n) is 13.7. The number of aryl methyl sites for hydroxylation is 1. The normalized spacial score (nSPS) is 14.2. The minimum atomic E-state index is -0.240. The molecule has 0 saturated carbocycles. The van der Waals surface area contributed by atoms with Crippen LogP contribution >= 0.6 is 0 Å². The Bertz CT molecular complexity index is 469. The molecule has 0 heterocycles. The molecular formula is C17H29N3O. The summed E-state index contributed by atoms with van der Waals surface area (Å²) in [4.78, 5) is 0. The summed E-state index contributed by atoms with van der Waals surface area (Å²) >= 11 is 0. The van der Waals surface area contributed by atoms with E-state index in [2.05, 4.69) is 48.6 Å². The van der Waals surface area contributed by atoms with E-state index in [0.717, 1.165) is 25.8 Å². The van der Waals surface area contributed by atoms with Crippen LogP contribution in [0.1, 0.15) is 57.2 Å². The van der Waals surface area contributed by atoms with Crippen molar-refractivity contribution in [1.29, 1.82) is 0 Å². The van der Waals surface area contributed by atoms with Crippen LogP contribution in [0.15, 0.2) is 29.4 Å². The van der Waals surface area contributed by atoms with Gasteiger partial charge in [0.2, 0.25) is 0 Å². The van der Waals surface area contributed by atoms with E-state index in [-0.39, 0.29) is 5.41 Å². The molecule has 0 spiro atoms. The van der Waals surface area contributed by atoms with Gasteiger partial charge in [0.1, 0.15) is 5.84 Å². The molecule has 118 valence electrons. The van der Waals surface area contributed by atoms with Gasteiger partial charge in [-0.3, -0.25) is 0 Å². The predicted octanol–water partition coefficient (Wildman–Crippen LogP) is 3.59. The van der Waals surface area contributed by atoms with Crippen molar-refractivity contribution in [2.45, 2.75) is 53.0 Å². The average Bonchev–Trinajstić information content (AvgIpc) is 2.46. The highest BCUT2D eigenvalue weighted by molar-refractivity contribution is 5.85. The summed E-state index contributed by atoms with van der Waals surface area (Å²) in [6.07, 6.45) is 3.05. The summed E-state index contributed by atoms with van der Waals surface area (Å²) in [5, 5.41) is 15.4. The predicted molar refractivity (Wildman–Crippen MR) is 88.6 cm³/mol. The summed E-state index contributed by atoms with van der Waals surface area (Å²) < 4.78 is 0. The molecule has 0 unspecified atom stereocenters. The Hall–Kier alpha value is -1.55. The van der Waals surface area contributed by atoms with E-state index in [1.807, 2.05) is 13.8 Å². The van der Waals surface area contributed by atoms with Crippen LogP contribution < -0.4 is 11.1 Å². The topological polar surface area (TPSA) is 70.6 Å². The van der Waals surface area contributed by atoms with Gasteiger partial charge >= 0.3 is 0 Å². The Morgan fingerprint density at radius 1 is 1.33 bits per heavy atom. The van der Waals surface area contributed by atoms with Crippen molar-refractivity contribution in [2.24, 2.45) is 16.3 Å². The zero-order valence-corrected chi connectivity index (χ0v) is 13.7. The molecule has 0 aliphatic heterocycles. The van der Waals surface area contributed by atoms with Gasteiger partial charge in [0.15, 0.2) is 0 Å². The third-order valence-corrected chi connectivity index (χ3v) is 4.14. The molecule has 4 nitrogen and oxygen atoms in total. The third-order valence-electron chi connectivity index (χ3n) is 4.14. The third kappa shape index (κ3) is 5.38. The molecule has 0 amide bonds. The lowest BCUT2D eigenvalue weighted by Crippen LogP contribution is -2.32. The van der Waals surface area contributed by atoms with Crippen LogP contribution in [0.2, 0.25) is 0 Å². The van der Waals surface area contributed by atoms with Crippen LogP contribution in [0.3, 0.4) is 0 Å². The molecule has 0 aliphatic carbocycles. The standard InChI is InChI=1S/C17H29N3O/c1-13-9-5-6-10-15(13)14(2)19-12-8-7-11-17(3,4)16(18)20-21/h5-6,9-10,14,19,21H,7-8,11-12H2,1-4H3,(H2,18,20)/t14-/m1/s1. The molecule has 0 aromatic heterocycles. The molecule has 21 heavy (non-hydrogen) atoms. The van der Waals surface area contributed by atoms with Gasteiger partial charge in [-0.15, -0.1) is 0 Å². The highest BCUT2D eigenvalue weighted by Gasteiger charge is 2.22. The molecule has 4 heteroatoms. The van der Waals surface area contributed by atoms with Crippen LogP contribution in [0.4, 0.5) is 0 Å². The van der Waals surface area contributed by atoms with Gasteiger partial charge in [-0.2, -0.15) is 0 Å². The largest absolute Gasteiger partial charge is 0.409 e. The maximum Gasteiger partial charge on any atom is 0.144 e. The first-order chi connectivity index (χ1) is 9.88. The first-order valence-corrected chi connectivity index (χ1v) is 7.65. The fourth-order valence-electron chi connectivity index (χ4n) is 2.46. The van der Waals surface area contributed by atoms with Crippen molar-refractivity contribution >= 4 is 5.84 Å². The van der Waals surface area contributed by atoms with Crippen molar-refractivity contribution in [1.82, 2.24) is 5.32 Å². The number of oxime groups is 1. The van der Waals surface area contributed by atoms with Gasteiger partial charge in [0.05, 0.1) is 0 Å². The number of benzene rings is 1. The van der Waals surface area contributed by atoms with Crippen molar-refractivity contribution in [3.63, 3.8) is 0 Å². The van der Waals surface area contributed by atoms with Crippen LogP contribution in [0.25, 0.3) is 0 Å². The second kappa shape index (κ2) is 8.03. The summed E-state index contributed by atoms with van der Waals surface area (Å²) in [6, 6.07) is 8.84. The zero-order chi connectivity index (χ0) is 15.9. The van der Waals surface area contributed by atoms with Gasteiger partial charge in [-0.1, -0.05) is 49.7 Å². The lowest BCUT2D eigenvalue weighted by atomic mass is 9.86. The first kappa shape index (κ1) is 17.5. The highest BCUT2D eigenvalue weighted by atomic mass is 16.4. The van der Waals surface area contributed by atoms with Crippen LogP contribution in [-0.4, -0.2) is 17.6 Å². The van der Waals surface area contributed by atoms with E-state index in [0.29, 0.717) is 11.9 Å². The number of hydrogen-bond donors (Lipinski definition) is 3. The molecular weight excluding hydrogens is 262 g/mol. The van der Waals surface area contributed by atoms with Gasteiger partial charge in [0.25, 0.3) is 0 Å². The van der Waals surface area contributed by atoms with Crippen molar-refractivity contribution in [3.05, 3.63) is 35.4 Å². The Morgan fingerprint density at radius 3 is 2.62 bits per heavy atom. The first-order valence-electron chi connectivity index (χ1n) is 7.65. The monoisotopic (exact) mass is 291 g/mol. The second-order valence-corrected chi connectivity index (χ2v) is 6.36. The lowest BCUT2D eigenvalue weighted by Gasteiger charge is -2.23. The van der Waals surface area contributed by atoms with Gasteiger partial charge in [-0.05, 0) is 44.4 Å². The van der Waals surface area contributed by atoms with Crippen LogP contribution in [0.5, 0.6) is 0 Å². The molecule has 0 bridgehead atoms. The fraction of sp³-hybridized carbons (Fsp3) is 0.588.